The number of rotatable bonds is 5. The molecule has 2 amide bonds. The molecule has 2 aromatic rings. The van der Waals surface area contributed by atoms with Crippen molar-refractivity contribution >= 4 is 18.0 Å². The molecule has 0 aliphatic carbocycles. The van der Waals surface area contributed by atoms with Crippen molar-refractivity contribution in [3.63, 3.8) is 0 Å². The number of benzene rings is 2. The van der Waals surface area contributed by atoms with Crippen molar-refractivity contribution in [2.45, 2.75) is 12.6 Å². The van der Waals surface area contributed by atoms with Crippen LogP contribution in [0.25, 0.3) is 0 Å². The molecule has 3 rings (SSSR count). The predicted octanol–water partition coefficient (Wildman–Crippen LogP) is 2.56. The zero-order chi connectivity index (χ0) is 18.4. The van der Waals surface area contributed by atoms with Crippen molar-refractivity contribution in [1.29, 1.82) is 0 Å². The average molecular weight is 353 g/mol. The third-order valence-corrected chi connectivity index (χ3v) is 4.48. The van der Waals surface area contributed by atoms with Crippen LogP contribution in [0.2, 0.25) is 0 Å². The Balaban J connectivity index is 1.59. The van der Waals surface area contributed by atoms with Crippen molar-refractivity contribution < 1.29 is 14.4 Å². The molecular weight excluding hydrogens is 330 g/mol. The highest BCUT2D eigenvalue weighted by atomic mass is 16.7. The quantitative estimate of drug-likeness (QED) is 0.612. The smallest absolute Gasteiger partial charge is 0.344 e. The lowest BCUT2D eigenvalue weighted by atomic mass is 10.1. The Morgan fingerprint density at radius 3 is 2.42 bits per heavy atom. The molecule has 2 aromatic carbocycles. The van der Waals surface area contributed by atoms with Gasteiger partial charge < -0.3 is 14.6 Å². The van der Waals surface area contributed by atoms with Gasteiger partial charge in [0.25, 0.3) is 0 Å². The number of urea groups is 1. The number of hydrogen-bond acceptors (Lipinski definition) is 4. The van der Waals surface area contributed by atoms with Crippen LogP contribution in [0.4, 0.5) is 10.5 Å². The first kappa shape index (κ1) is 17.9. The van der Waals surface area contributed by atoms with E-state index >= 15 is 0 Å². The highest BCUT2D eigenvalue weighted by molar-refractivity contribution is 5.78. The van der Waals surface area contributed by atoms with E-state index in [2.05, 4.69) is 4.90 Å². The number of anilines is 1. The lowest BCUT2D eigenvalue weighted by Crippen LogP contribution is -2.58. The van der Waals surface area contributed by atoms with E-state index in [1.807, 2.05) is 60.7 Å². The molecule has 0 saturated carbocycles. The van der Waals surface area contributed by atoms with Gasteiger partial charge in [-0.15, -0.1) is 0 Å². The molecular formula is C20H23N3O3. The molecule has 136 valence electrons. The minimum absolute atomic E-state index is 0.300. The summed E-state index contributed by atoms with van der Waals surface area (Å²) in [6, 6.07) is 18.8. The van der Waals surface area contributed by atoms with Crippen LogP contribution in [0.1, 0.15) is 5.56 Å². The van der Waals surface area contributed by atoms with E-state index in [1.165, 1.54) is 5.06 Å². The number of aldehydes is 1. The molecule has 1 saturated heterocycles. The van der Waals surface area contributed by atoms with Crippen molar-refractivity contribution in [1.82, 2.24) is 9.96 Å². The van der Waals surface area contributed by atoms with Crippen LogP contribution in [0.3, 0.4) is 0 Å². The first-order valence-electron chi connectivity index (χ1n) is 8.65. The van der Waals surface area contributed by atoms with Crippen molar-refractivity contribution in [2.24, 2.45) is 0 Å². The van der Waals surface area contributed by atoms with Crippen molar-refractivity contribution in [3.8, 4) is 0 Å². The van der Waals surface area contributed by atoms with Crippen molar-refractivity contribution in [3.05, 3.63) is 66.2 Å². The molecule has 1 aliphatic heterocycles. The number of carbonyl (C=O) groups is 2. The fourth-order valence-corrected chi connectivity index (χ4v) is 3.02. The van der Waals surface area contributed by atoms with Crippen LogP contribution < -0.4 is 4.90 Å². The first-order valence-corrected chi connectivity index (χ1v) is 8.65. The average Bonchev–Trinajstić information content (AvgIpc) is 2.72. The maximum absolute atomic E-state index is 12.7. The molecule has 1 unspecified atom stereocenters. The van der Waals surface area contributed by atoms with Gasteiger partial charge >= 0.3 is 6.03 Å². The molecule has 0 spiro atoms. The van der Waals surface area contributed by atoms with E-state index in [1.54, 1.807) is 11.9 Å². The molecule has 0 aromatic heterocycles. The lowest BCUT2D eigenvalue weighted by Gasteiger charge is -2.41. The Bertz CT molecular complexity index is 724. The Labute approximate surface area is 153 Å². The van der Waals surface area contributed by atoms with Crippen LogP contribution in [0.15, 0.2) is 60.7 Å². The minimum Gasteiger partial charge on any atom is -0.367 e. The monoisotopic (exact) mass is 353 g/mol. The third-order valence-electron chi connectivity index (χ3n) is 4.48. The Morgan fingerprint density at radius 2 is 1.77 bits per heavy atom. The van der Waals surface area contributed by atoms with Gasteiger partial charge in [0.1, 0.15) is 18.9 Å². The van der Waals surface area contributed by atoms with Gasteiger partial charge in [0.05, 0.1) is 0 Å². The molecule has 1 heterocycles. The summed E-state index contributed by atoms with van der Waals surface area (Å²) >= 11 is 0. The van der Waals surface area contributed by atoms with E-state index in [4.69, 9.17) is 4.84 Å². The number of carbonyl (C=O) groups excluding carboxylic acids is 2. The Morgan fingerprint density at radius 1 is 1.12 bits per heavy atom. The summed E-state index contributed by atoms with van der Waals surface area (Å²) in [5.74, 6) is 0. The normalized spacial score (nSPS) is 17.0. The summed E-state index contributed by atoms with van der Waals surface area (Å²) < 4.78 is 0. The summed E-state index contributed by atoms with van der Waals surface area (Å²) in [5, 5.41) is 1.21. The third kappa shape index (κ3) is 4.21. The van der Waals surface area contributed by atoms with Crippen LogP contribution in [0.5, 0.6) is 0 Å². The molecule has 6 heteroatoms. The molecule has 1 atom stereocenters. The van der Waals surface area contributed by atoms with Gasteiger partial charge in [-0.1, -0.05) is 48.5 Å². The highest BCUT2D eigenvalue weighted by Crippen LogP contribution is 2.19. The Hall–Kier alpha value is -2.86. The summed E-state index contributed by atoms with van der Waals surface area (Å²) in [6.07, 6.45) is 0.831. The van der Waals surface area contributed by atoms with E-state index in [9.17, 15) is 9.59 Å². The van der Waals surface area contributed by atoms with E-state index in [0.29, 0.717) is 26.2 Å². The van der Waals surface area contributed by atoms with Gasteiger partial charge in [-0.3, -0.25) is 4.84 Å². The van der Waals surface area contributed by atoms with Gasteiger partial charge in [-0.25, -0.2) is 9.86 Å². The summed E-state index contributed by atoms with van der Waals surface area (Å²) in [4.78, 5) is 33.5. The largest absolute Gasteiger partial charge is 0.367 e. The SMILES string of the molecule is CN(OCc1ccccc1)C(=O)N1CCN(c2ccccc2)CC1C=O. The van der Waals surface area contributed by atoms with Crippen LogP contribution >= 0.6 is 0 Å². The van der Waals surface area contributed by atoms with Gasteiger partial charge in [0.2, 0.25) is 0 Å². The van der Waals surface area contributed by atoms with Gasteiger partial charge in [-0.2, -0.15) is 0 Å². The molecule has 26 heavy (non-hydrogen) atoms. The molecule has 1 aliphatic rings. The van der Waals surface area contributed by atoms with E-state index in [0.717, 1.165) is 17.5 Å². The van der Waals surface area contributed by atoms with E-state index in [-0.39, 0.29) is 6.03 Å². The van der Waals surface area contributed by atoms with Crippen LogP contribution in [-0.2, 0) is 16.2 Å². The number of para-hydroxylation sites is 1. The molecule has 6 nitrogen and oxygen atoms in total. The lowest BCUT2D eigenvalue weighted by molar-refractivity contribution is -0.125. The standard InChI is InChI=1S/C20H23N3O3/c1-21(26-16-17-8-4-2-5-9-17)20(25)23-13-12-22(14-19(23)15-24)18-10-6-3-7-11-18/h2-11,15,19H,12-14,16H2,1H3. The second kappa shape index (κ2) is 8.49. The van der Waals surface area contributed by atoms with Gasteiger partial charge in [0, 0.05) is 32.4 Å². The number of piperazine rings is 1. The number of amides is 2. The zero-order valence-electron chi connectivity index (χ0n) is 14.8. The zero-order valence-corrected chi connectivity index (χ0v) is 14.8. The fraction of sp³-hybridized carbons (Fsp3) is 0.300. The number of nitrogens with zero attached hydrogens (tertiary/aromatic N) is 3. The van der Waals surface area contributed by atoms with Gasteiger partial charge in [0.15, 0.2) is 0 Å². The predicted molar refractivity (Wildman–Crippen MR) is 99.6 cm³/mol. The second-order valence-electron chi connectivity index (χ2n) is 6.22. The summed E-state index contributed by atoms with van der Waals surface area (Å²) in [5.41, 5.74) is 2.04. The maximum Gasteiger partial charge on any atom is 0.344 e. The van der Waals surface area contributed by atoms with Crippen LogP contribution in [0, 0.1) is 0 Å². The minimum atomic E-state index is -0.501. The summed E-state index contributed by atoms with van der Waals surface area (Å²) in [6.45, 7) is 1.92. The molecule has 0 bridgehead atoms. The topological polar surface area (TPSA) is 53.1 Å². The number of hydroxylamine groups is 2. The molecule has 0 N–H and O–H groups in total. The van der Waals surface area contributed by atoms with Gasteiger partial charge in [-0.05, 0) is 17.7 Å². The first-order chi connectivity index (χ1) is 12.7. The second-order valence-corrected chi connectivity index (χ2v) is 6.22. The van der Waals surface area contributed by atoms with E-state index < -0.39 is 6.04 Å². The van der Waals surface area contributed by atoms with Crippen LogP contribution in [-0.4, -0.2) is 55.0 Å². The maximum atomic E-state index is 12.7. The molecule has 0 radical (unpaired) electrons. The fourth-order valence-electron chi connectivity index (χ4n) is 3.02. The Kier molecular flexibility index (Phi) is 5.86. The molecule has 1 fully saturated rings. The summed E-state index contributed by atoms with van der Waals surface area (Å²) in [7, 11) is 1.58. The van der Waals surface area contributed by atoms with Crippen molar-refractivity contribution in [2.75, 3.05) is 31.6 Å². The number of hydrogen-bond donors (Lipinski definition) is 0. The highest BCUT2D eigenvalue weighted by Gasteiger charge is 2.32.